The van der Waals surface area contributed by atoms with Gasteiger partial charge in [0.2, 0.25) is 5.91 Å². The van der Waals surface area contributed by atoms with Crippen LogP contribution >= 0.6 is 0 Å². The molecule has 1 aliphatic heterocycles. The second-order valence-electron chi connectivity index (χ2n) is 7.69. The third kappa shape index (κ3) is 5.14. The summed E-state index contributed by atoms with van der Waals surface area (Å²) < 4.78 is 13.7. The lowest BCUT2D eigenvalue weighted by atomic mass is 10.1. The number of fused-ring (bicyclic) bond motifs is 1. The maximum absolute atomic E-state index is 12.3. The lowest BCUT2D eigenvalue weighted by Crippen LogP contribution is -2.34. The van der Waals surface area contributed by atoms with Crippen LogP contribution in [0.2, 0.25) is 0 Å². The summed E-state index contributed by atoms with van der Waals surface area (Å²) in [5, 5.41) is 2.99. The number of amides is 1. The number of para-hydroxylation sites is 3. The molecule has 0 radical (unpaired) electrons. The van der Waals surface area contributed by atoms with Gasteiger partial charge in [0.1, 0.15) is 17.7 Å². The molecule has 2 aromatic carbocycles. The van der Waals surface area contributed by atoms with Crippen LogP contribution in [0, 0.1) is 0 Å². The molecular weight excluding hydrogens is 390 g/mol. The van der Waals surface area contributed by atoms with Crippen LogP contribution in [0.1, 0.15) is 30.7 Å². The smallest absolute Gasteiger partial charge is 0.249 e. The van der Waals surface area contributed by atoms with Crippen molar-refractivity contribution in [3.8, 4) is 5.75 Å². The largest absolute Gasteiger partial charge is 0.493 e. The third-order valence-electron chi connectivity index (χ3n) is 5.50. The predicted molar refractivity (Wildman–Crippen MR) is 121 cm³/mol. The highest BCUT2D eigenvalue weighted by atomic mass is 16.5. The van der Waals surface area contributed by atoms with Crippen molar-refractivity contribution in [2.24, 2.45) is 0 Å². The Bertz CT molecular complexity index is 1040. The Morgan fingerprint density at radius 2 is 2.10 bits per heavy atom. The van der Waals surface area contributed by atoms with E-state index in [1.54, 1.807) is 0 Å². The average Bonchev–Trinajstić information content (AvgIpc) is 3.45. The fourth-order valence-electron chi connectivity index (χ4n) is 3.95. The van der Waals surface area contributed by atoms with Crippen molar-refractivity contribution in [3.05, 3.63) is 72.6 Å². The number of benzene rings is 2. The standard InChI is InChI=1S/C25H29N3O3/c1-2-9-19-10-3-6-13-22(19)30-17-8-15-28-21-12-5-4-11-20(21)27-24(28)18-26-25(29)23-14-7-16-31-23/h2-6,10-13,23H,1,7-9,14-18H2,(H,26,29). The Labute approximate surface area is 182 Å². The Morgan fingerprint density at radius 1 is 1.26 bits per heavy atom. The van der Waals surface area contributed by atoms with E-state index in [4.69, 9.17) is 14.5 Å². The van der Waals surface area contributed by atoms with Crippen LogP contribution in [0.25, 0.3) is 11.0 Å². The van der Waals surface area contributed by atoms with Gasteiger partial charge in [-0.05, 0) is 49.4 Å². The van der Waals surface area contributed by atoms with Crippen LogP contribution in [0.5, 0.6) is 5.75 Å². The number of nitrogens with zero attached hydrogens (tertiary/aromatic N) is 2. The van der Waals surface area contributed by atoms with Gasteiger partial charge in [-0.2, -0.15) is 0 Å². The molecule has 0 bridgehead atoms. The molecule has 0 spiro atoms. The molecule has 0 saturated carbocycles. The van der Waals surface area contributed by atoms with Gasteiger partial charge in [0.25, 0.3) is 0 Å². The van der Waals surface area contributed by atoms with Gasteiger partial charge in [-0.1, -0.05) is 36.4 Å². The topological polar surface area (TPSA) is 65.4 Å². The Hall–Kier alpha value is -3.12. The number of hydrogen-bond acceptors (Lipinski definition) is 4. The van der Waals surface area contributed by atoms with Crippen molar-refractivity contribution in [1.82, 2.24) is 14.9 Å². The van der Waals surface area contributed by atoms with Crippen molar-refractivity contribution in [2.45, 2.75) is 44.9 Å². The van der Waals surface area contributed by atoms with Crippen LogP contribution in [0.4, 0.5) is 0 Å². The van der Waals surface area contributed by atoms with Gasteiger partial charge in [-0.3, -0.25) is 4.79 Å². The van der Waals surface area contributed by atoms with E-state index in [1.165, 1.54) is 0 Å². The van der Waals surface area contributed by atoms with E-state index in [2.05, 4.69) is 28.6 Å². The first-order chi connectivity index (χ1) is 15.3. The van der Waals surface area contributed by atoms with Crippen LogP contribution < -0.4 is 10.1 Å². The van der Waals surface area contributed by atoms with E-state index in [9.17, 15) is 4.79 Å². The van der Waals surface area contributed by atoms with Crippen molar-refractivity contribution in [3.63, 3.8) is 0 Å². The fraction of sp³-hybridized carbons (Fsp3) is 0.360. The quantitative estimate of drug-likeness (QED) is 0.398. The normalized spacial score (nSPS) is 15.8. The van der Waals surface area contributed by atoms with E-state index in [1.807, 2.05) is 42.5 Å². The van der Waals surface area contributed by atoms with E-state index < -0.39 is 0 Å². The molecule has 1 atom stereocenters. The molecule has 1 saturated heterocycles. The monoisotopic (exact) mass is 419 g/mol. The molecule has 1 aromatic heterocycles. The Balaban J connectivity index is 1.40. The van der Waals surface area contributed by atoms with Crippen LogP contribution in [0.15, 0.2) is 61.2 Å². The van der Waals surface area contributed by atoms with Gasteiger partial charge in [-0.25, -0.2) is 4.98 Å². The minimum Gasteiger partial charge on any atom is -0.493 e. The summed E-state index contributed by atoms with van der Waals surface area (Å²) in [7, 11) is 0. The predicted octanol–water partition coefficient (Wildman–Crippen LogP) is 4.03. The van der Waals surface area contributed by atoms with Gasteiger partial charge in [0.15, 0.2) is 0 Å². The number of hydrogen-bond donors (Lipinski definition) is 1. The number of carbonyl (C=O) groups is 1. The summed E-state index contributed by atoms with van der Waals surface area (Å²) in [6.07, 6.45) is 4.89. The van der Waals surface area contributed by atoms with E-state index in [-0.39, 0.29) is 12.0 Å². The van der Waals surface area contributed by atoms with Crippen LogP contribution in [-0.2, 0) is 29.0 Å². The maximum Gasteiger partial charge on any atom is 0.249 e. The number of aryl methyl sites for hydroxylation is 1. The molecule has 3 aromatic rings. The van der Waals surface area contributed by atoms with Gasteiger partial charge >= 0.3 is 0 Å². The highest BCUT2D eigenvalue weighted by Gasteiger charge is 2.23. The molecule has 4 rings (SSSR count). The van der Waals surface area contributed by atoms with Crippen molar-refractivity contribution < 1.29 is 14.3 Å². The zero-order valence-corrected chi connectivity index (χ0v) is 17.8. The molecular formula is C25H29N3O3. The molecule has 31 heavy (non-hydrogen) atoms. The van der Waals surface area contributed by atoms with Crippen LogP contribution in [-0.4, -0.2) is 34.8 Å². The second-order valence-corrected chi connectivity index (χ2v) is 7.69. The summed E-state index contributed by atoms with van der Waals surface area (Å²) in [4.78, 5) is 17.1. The minimum atomic E-state index is -0.332. The summed E-state index contributed by atoms with van der Waals surface area (Å²) in [5.41, 5.74) is 3.14. The molecule has 1 aliphatic rings. The van der Waals surface area contributed by atoms with Crippen molar-refractivity contribution in [1.29, 1.82) is 0 Å². The Kier molecular flexibility index (Phi) is 6.99. The zero-order valence-electron chi connectivity index (χ0n) is 17.8. The van der Waals surface area contributed by atoms with E-state index in [0.717, 1.165) is 60.4 Å². The van der Waals surface area contributed by atoms with E-state index in [0.29, 0.717) is 19.8 Å². The van der Waals surface area contributed by atoms with Crippen molar-refractivity contribution in [2.75, 3.05) is 13.2 Å². The lowest BCUT2D eigenvalue weighted by Gasteiger charge is -2.13. The van der Waals surface area contributed by atoms with Crippen molar-refractivity contribution >= 4 is 16.9 Å². The zero-order chi connectivity index (χ0) is 21.5. The molecule has 1 unspecified atom stereocenters. The number of ether oxygens (including phenoxy) is 2. The van der Waals surface area contributed by atoms with Gasteiger partial charge < -0.3 is 19.4 Å². The number of aromatic nitrogens is 2. The first-order valence-electron chi connectivity index (χ1n) is 10.9. The first kappa shape index (κ1) is 21.1. The molecule has 6 nitrogen and oxygen atoms in total. The SMILES string of the molecule is C=CCc1ccccc1OCCCn1c(CNC(=O)C2CCCO2)nc2ccccc21. The number of allylic oxidation sites excluding steroid dienone is 1. The Morgan fingerprint density at radius 3 is 2.94 bits per heavy atom. The summed E-state index contributed by atoms with van der Waals surface area (Å²) >= 11 is 0. The molecule has 1 fully saturated rings. The highest BCUT2D eigenvalue weighted by molar-refractivity contribution is 5.81. The summed E-state index contributed by atoms with van der Waals surface area (Å²) in [6.45, 7) is 6.22. The molecule has 162 valence electrons. The number of carbonyl (C=O) groups excluding carboxylic acids is 1. The van der Waals surface area contributed by atoms with E-state index >= 15 is 0 Å². The molecule has 1 N–H and O–H groups in total. The van der Waals surface area contributed by atoms with Gasteiger partial charge in [0.05, 0.1) is 24.2 Å². The minimum absolute atomic E-state index is 0.0572. The maximum atomic E-state index is 12.3. The molecule has 0 aliphatic carbocycles. The summed E-state index contributed by atoms with van der Waals surface area (Å²) in [6, 6.07) is 16.1. The third-order valence-corrected chi connectivity index (χ3v) is 5.50. The first-order valence-corrected chi connectivity index (χ1v) is 10.9. The molecule has 6 heteroatoms. The van der Waals surface area contributed by atoms with Gasteiger partial charge in [-0.15, -0.1) is 6.58 Å². The molecule has 1 amide bonds. The lowest BCUT2D eigenvalue weighted by molar-refractivity contribution is -0.130. The highest BCUT2D eigenvalue weighted by Crippen LogP contribution is 2.20. The number of nitrogens with one attached hydrogen (secondary N) is 1. The fourth-order valence-corrected chi connectivity index (χ4v) is 3.95. The van der Waals surface area contributed by atoms with Gasteiger partial charge in [0, 0.05) is 13.2 Å². The van der Waals surface area contributed by atoms with Crippen LogP contribution in [0.3, 0.4) is 0 Å². The molecule has 2 heterocycles. The number of rotatable bonds is 10. The second kappa shape index (κ2) is 10.3. The summed E-state index contributed by atoms with van der Waals surface area (Å²) in [5.74, 6) is 1.69. The number of imidazole rings is 1. The average molecular weight is 420 g/mol.